The number of nitrogens with one attached hydrogen (secondary N) is 2. The van der Waals surface area contributed by atoms with Gasteiger partial charge in [0.15, 0.2) is 11.5 Å². The molecule has 0 bridgehead atoms. The molecule has 1 atom stereocenters. The third-order valence-corrected chi connectivity index (χ3v) is 3.71. The first-order chi connectivity index (χ1) is 10.3. The van der Waals surface area contributed by atoms with Crippen LogP contribution in [-0.2, 0) is 11.2 Å². The van der Waals surface area contributed by atoms with E-state index >= 15 is 0 Å². The molecule has 0 unspecified atom stereocenters. The maximum atomic E-state index is 11.7. The summed E-state index contributed by atoms with van der Waals surface area (Å²) in [5.74, 6) is 2.01. The Bertz CT molecular complexity index is 500. The number of fused-ring (bicyclic) bond motifs is 1. The van der Waals surface area contributed by atoms with Gasteiger partial charge in [-0.1, -0.05) is 6.07 Å². The summed E-state index contributed by atoms with van der Waals surface area (Å²) < 4.78 is 15.9. The normalized spacial score (nSPS) is 19.5. The van der Waals surface area contributed by atoms with Crippen molar-refractivity contribution < 1.29 is 19.0 Å². The van der Waals surface area contributed by atoms with E-state index in [9.17, 15) is 4.79 Å². The lowest BCUT2D eigenvalue weighted by Gasteiger charge is -2.10. The Morgan fingerprint density at radius 1 is 1.24 bits per heavy atom. The highest BCUT2D eigenvalue weighted by Crippen LogP contribution is 2.32. The smallest absolute Gasteiger partial charge is 0.314 e. The van der Waals surface area contributed by atoms with Crippen LogP contribution >= 0.6 is 0 Å². The highest BCUT2D eigenvalue weighted by atomic mass is 16.7. The van der Waals surface area contributed by atoms with Crippen LogP contribution in [0.15, 0.2) is 18.2 Å². The maximum Gasteiger partial charge on any atom is 0.314 e. The Morgan fingerprint density at radius 3 is 3.00 bits per heavy atom. The van der Waals surface area contributed by atoms with Crippen molar-refractivity contribution in [1.82, 2.24) is 10.6 Å². The van der Waals surface area contributed by atoms with Gasteiger partial charge in [0.2, 0.25) is 6.79 Å². The minimum atomic E-state index is -0.123. The number of benzene rings is 1. The SMILES string of the molecule is O=C(NCCc1ccc2c(c1)OCO2)NC[C@@H]1CCOC1. The summed E-state index contributed by atoms with van der Waals surface area (Å²) in [6, 6.07) is 5.72. The molecule has 0 radical (unpaired) electrons. The Kier molecular flexibility index (Phi) is 4.45. The predicted molar refractivity (Wildman–Crippen MR) is 76.6 cm³/mol. The predicted octanol–water partition coefficient (Wildman–Crippen LogP) is 1.29. The molecule has 1 fully saturated rings. The number of ether oxygens (including phenoxy) is 3. The quantitative estimate of drug-likeness (QED) is 0.858. The minimum Gasteiger partial charge on any atom is -0.454 e. The zero-order chi connectivity index (χ0) is 14.5. The van der Waals surface area contributed by atoms with Gasteiger partial charge in [-0.05, 0) is 30.5 Å². The van der Waals surface area contributed by atoms with E-state index in [0.717, 1.165) is 43.1 Å². The fourth-order valence-corrected chi connectivity index (χ4v) is 2.46. The molecule has 2 aliphatic heterocycles. The van der Waals surface area contributed by atoms with Gasteiger partial charge in [-0.2, -0.15) is 0 Å². The first kappa shape index (κ1) is 14.0. The van der Waals surface area contributed by atoms with Crippen molar-refractivity contribution in [3.8, 4) is 11.5 Å². The molecule has 2 amide bonds. The molecule has 0 aromatic heterocycles. The molecule has 21 heavy (non-hydrogen) atoms. The molecule has 0 aliphatic carbocycles. The number of urea groups is 1. The summed E-state index contributed by atoms with van der Waals surface area (Å²) in [7, 11) is 0. The lowest BCUT2D eigenvalue weighted by Crippen LogP contribution is -2.39. The third-order valence-electron chi connectivity index (χ3n) is 3.71. The van der Waals surface area contributed by atoms with Gasteiger partial charge in [-0.25, -0.2) is 4.79 Å². The molecule has 6 heteroatoms. The van der Waals surface area contributed by atoms with Crippen LogP contribution in [-0.4, -0.2) is 39.1 Å². The van der Waals surface area contributed by atoms with Gasteiger partial charge in [-0.3, -0.25) is 0 Å². The third kappa shape index (κ3) is 3.78. The van der Waals surface area contributed by atoms with Crippen molar-refractivity contribution in [2.75, 3.05) is 33.1 Å². The number of carbonyl (C=O) groups is 1. The zero-order valence-electron chi connectivity index (χ0n) is 11.9. The second kappa shape index (κ2) is 6.67. The largest absolute Gasteiger partial charge is 0.454 e. The molecule has 2 aliphatic rings. The minimum absolute atomic E-state index is 0.123. The Labute approximate surface area is 123 Å². The first-order valence-electron chi connectivity index (χ1n) is 7.29. The molecule has 1 aromatic rings. The molecular formula is C15H20N2O4. The summed E-state index contributed by atoms with van der Waals surface area (Å²) >= 11 is 0. The van der Waals surface area contributed by atoms with E-state index in [-0.39, 0.29) is 12.8 Å². The number of rotatable bonds is 5. The topological polar surface area (TPSA) is 68.8 Å². The average molecular weight is 292 g/mol. The highest BCUT2D eigenvalue weighted by Gasteiger charge is 2.16. The molecule has 3 rings (SSSR count). The molecule has 6 nitrogen and oxygen atoms in total. The lowest BCUT2D eigenvalue weighted by atomic mass is 10.1. The molecule has 2 N–H and O–H groups in total. The van der Waals surface area contributed by atoms with Gasteiger partial charge in [-0.15, -0.1) is 0 Å². The van der Waals surface area contributed by atoms with Gasteiger partial charge in [0, 0.05) is 25.6 Å². The maximum absolute atomic E-state index is 11.7. The van der Waals surface area contributed by atoms with E-state index in [1.54, 1.807) is 0 Å². The zero-order valence-corrected chi connectivity index (χ0v) is 11.9. The van der Waals surface area contributed by atoms with Crippen LogP contribution < -0.4 is 20.1 Å². The second-order valence-electron chi connectivity index (χ2n) is 5.30. The molecule has 0 spiro atoms. The van der Waals surface area contributed by atoms with Crippen LogP contribution in [0.4, 0.5) is 4.79 Å². The molecule has 1 saturated heterocycles. The van der Waals surface area contributed by atoms with Crippen molar-refractivity contribution in [3.63, 3.8) is 0 Å². The standard InChI is InChI=1S/C15H20N2O4/c18-15(17-8-12-4-6-19-9-12)16-5-3-11-1-2-13-14(7-11)21-10-20-13/h1-2,7,12H,3-6,8-10H2,(H2,16,17,18)/t12-/m0/s1. The van der Waals surface area contributed by atoms with Crippen molar-refractivity contribution in [1.29, 1.82) is 0 Å². The van der Waals surface area contributed by atoms with Crippen molar-refractivity contribution in [2.24, 2.45) is 5.92 Å². The Morgan fingerprint density at radius 2 is 2.14 bits per heavy atom. The van der Waals surface area contributed by atoms with E-state index in [1.165, 1.54) is 0 Å². The number of hydrogen-bond donors (Lipinski definition) is 2. The van der Waals surface area contributed by atoms with Crippen molar-refractivity contribution >= 4 is 6.03 Å². The van der Waals surface area contributed by atoms with Crippen LogP contribution in [0.2, 0.25) is 0 Å². The van der Waals surface area contributed by atoms with Crippen LogP contribution in [0.25, 0.3) is 0 Å². The van der Waals surface area contributed by atoms with E-state index in [1.807, 2.05) is 18.2 Å². The monoisotopic (exact) mass is 292 g/mol. The molecule has 2 heterocycles. The van der Waals surface area contributed by atoms with Gasteiger partial charge >= 0.3 is 6.03 Å². The Balaban J connectivity index is 1.36. The van der Waals surface area contributed by atoms with Crippen LogP contribution in [0.1, 0.15) is 12.0 Å². The van der Waals surface area contributed by atoms with E-state index < -0.39 is 0 Å². The van der Waals surface area contributed by atoms with Crippen LogP contribution in [0, 0.1) is 5.92 Å². The summed E-state index contributed by atoms with van der Waals surface area (Å²) in [6.45, 7) is 3.10. The van der Waals surface area contributed by atoms with Gasteiger partial charge in [0.05, 0.1) is 6.61 Å². The molecule has 1 aromatic carbocycles. The average Bonchev–Trinajstić information content (AvgIpc) is 3.16. The summed E-state index contributed by atoms with van der Waals surface area (Å²) in [5, 5.41) is 5.74. The van der Waals surface area contributed by atoms with Crippen molar-refractivity contribution in [3.05, 3.63) is 23.8 Å². The van der Waals surface area contributed by atoms with Crippen LogP contribution in [0.5, 0.6) is 11.5 Å². The summed E-state index contributed by atoms with van der Waals surface area (Å²) in [5.41, 5.74) is 1.11. The molecule has 114 valence electrons. The van der Waals surface area contributed by atoms with Gasteiger partial charge in [0.25, 0.3) is 0 Å². The van der Waals surface area contributed by atoms with E-state index in [4.69, 9.17) is 14.2 Å². The van der Waals surface area contributed by atoms with Gasteiger partial charge in [0.1, 0.15) is 0 Å². The number of hydrogen-bond acceptors (Lipinski definition) is 4. The summed E-state index contributed by atoms with van der Waals surface area (Å²) in [6.07, 6.45) is 1.79. The van der Waals surface area contributed by atoms with E-state index in [0.29, 0.717) is 19.0 Å². The lowest BCUT2D eigenvalue weighted by molar-refractivity contribution is 0.174. The Hall–Kier alpha value is -1.95. The molecular weight excluding hydrogens is 272 g/mol. The fraction of sp³-hybridized carbons (Fsp3) is 0.533. The number of carbonyl (C=O) groups excluding carboxylic acids is 1. The fourth-order valence-electron chi connectivity index (χ4n) is 2.46. The highest BCUT2D eigenvalue weighted by molar-refractivity contribution is 5.73. The van der Waals surface area contributed by atoms with Gasteiger partial charge < -0.3 is 24.8 Å². The summed E-state index contributed by atoms with van der Waals surface area (Å²) in [4.78, 5) is 11.7. The van der Waals surface area contributed by atoms with E-state index in [2.05, 4.69) is 10.6 Å². The number of amides is 2. The first-order valence-corrected chi connectivity index (χ1v) is 7.29. The van der Waals surface area contributed by atoms with Crippen molar-refractivity contribution in [2.45, 2.75) is 12.8 Å². The molecule has 0 saturated carbocycles. The van der Waals surface area contributed by atoms with Crippen LogP contribution in [0.3, 0.4) is 0 Å². The second-order valence-corrected chi connectivity index (χ2v) is 5.30.